The van der Waals surface area contributed by atoms with Crippen molar-refractivity contribution in [3.05, 3.63) is 77.1 Å². The fourth-order valence-electron chi connectivity index (χ4n) is 3.74. The number of methoxy groups -OCH3 is 1. The number of nitrogens with one attached hydrogen (secondary N) is 2. The van der Waals surface area contributed by atoms with Gasteiger partial charge in [0.05, 0.1) is 7.11 Å². The second-order valence-corrected chi connectivity index (χ2v) is 7.04. The van der Waals surface area contributed by atoms with E-state index in [1.54, 1.807) is 7.11 Å². The molecule has 0 fully saturated rings. The second kappa shape index (κ2) is 8.25. The lowest BCUT2D eigenvalue weighted by molar-refractivity contribution is 0.0950. The number of fused-ring (bicyclic) bond motifs is 1. The highest BCUT2D eigenvalue weighted by Crippen LogP contribution is 2.30. The predicted molar refractivity (Wildman–Crippen MR) is 107 cm³/mol. The van der Waals surface area contributed by atoms with Crippen molar-refractivity contribution in [2.24, 2.45) is 0 Å². The molecule has 1 amide bonds. The van der Waals surface area contributed by atoms with E-state index in [9.17, 15) is 4.79 Å². The summed E-state index contributed by atoms with van der Waals surface area (Å²) in [5.41, 5.74) is 3.60. The van der Waals surface area contributed by atoms with Crippen molar-refractivity contribution in [2.45, 2.75) is 31.6 Å². The van der Waals surface area contributed by atoms with Gasteiger partial charge in [0, 0.05) is 36.5 Å². The summed E-state index contributed by atoms with van der Waals surface area (Å²) in [4.78, 5) is 24.8. The van der Waals surface area contributed by atoms with Crippen molar-refractivity contribution < 1.29 is 9.53 Å². The quantitative estimate of drug-likeness (QED) is 0.693. The Hall–Kier alpha value is -3.15. The van der Waals surface area contributed by atoms with E-state index in [0.29, 0.717) is 12.2 Å². The zero-order valence-corrected chi connectivity index (χ0v) is 15.9. The lowest BCUT2D eigenvalue weighted by atomic mass is 9.93. The Bertz CT molecular complexity index is 952. The summed E-state index contributed by atoms with van der Waals surface area (Å²) in [6.07, 6.45) is 5.15. The van der Waals surface area contributed by atoms with Crippen LogP contribution in [-0.4, -0.2) is 34.5 Å². The summed E-state index contributed by atoms with van der Waals surface area (Å²) >= 11 is 0. The van der Waals surface area contributed by atoms with Crippen molar-refractivity contribution in [2.75, 3.05) is 13.7 Å². The maximum absolute atomic E-state index is 12.5. The van der Waals surface area contributed by atoms with Crippen LogP contribution in [0.5, 0.6) is 5.75 Å². The molecule has 0 unspecified atom stereocenters. The summed E-state index contributed by atoms with van der Waals surface area (Å²) < 4.78 is 5.51. The van der Waals surface area contributed by atoms with Crippen molar-refractivity contribution in [3.63, 3.8) is 0 Å². The first kappa shape index (κ1) is 18.2. The van der Waals surface area contributed by atoms with Crippen molar-refractivity contribution in [3.8, 4) is 5.75 Å². The van der Waals surface area contributed by atoms with Crippen LogP contribution < -0.4 is 10.1 Å². The molecule has 6 nitrogen and oxygen atoms in total. The molecule has 28 heavy (non-hydrogen) atoms. The number of aromatic amines is 1. The number of amides is 1. The van der Waals surface area contributed by atoms with Crippen LogP contribution in [0, 0.1) is 0 Å². The Kier molecular flexibility index (Phi) is 5.37. The van der Waals surface area contributed by atoms with Crippen molar-refractivity contribution in [1.82, 2.24) is 20.3 Å². The van der Waals surface area contributed by atoms with Gasteiger partial charge in [0.2, 0.25) is 0 Å². The Morgan fingerprint density at radius 3 is 2.82 bits per heavy atom. The van der Waals surface area contributed by atoms with Gasteiger partial charge in [-0.1, -0.05) is 24.3 Å². The number of carbonyl (C=O) groups is 1. The van der Waals surface area contributed by atoms with Crippen LogP contribution in [0.15, 0.2) is 48.7 Å². The highest BCUT2D eigenvalue weighted by atomic mass is 16.5. The maximum atomic E-state index is 12.5. The van der Waals surface area contributed by atoms with Gasteiger partial charge in [-0.3, -0.25) is 9.78 Å². The molecule has 144 valence electrons. The third-order valence-corrected chi connectivity index (χ3v) is 5.15. The van der Waals surface area contributed by atoms with E-state index in [4.69, 9.17) is 4.74 Å². The van der Waals surface area contributed by atoms with Crippen LogP contribution >= 0.6 is 0 Å². The number of ether oxygens (including phenoxy) is 1. The molecule has 3 aromatic rings. The number of carbonyl (C=O) groups excluding carboxylic acids is 1. The molecule has 2 aromatic heterocycles. The SMILES string of the molecule is COc1ccccc1[C@H]1CNC(=O)c2nc(CCCc3ccccn3)[nH]c2C1. The van der Waals surface area contributed by atoms with Crippen LogP contribution in [0.1, 0.15) is 45.6 Å². The number of aryl methyl sites for hydroxylation is 2. The van der Waals surface area contributed by atoms with E-state index in [1.807, 2.05) is 42.6 Å². The first-order chi connectivity index (χ1) is 13.7. The van der Waals surface area contributed by atoms with Gasteiger partial charge in [0.15, 0.2) is 0 Å². The average Bonchev–Trinajstić information content (AvgIpc) is 3.07. The molecule has 3 heterocycles. The number of rotatable bonds is 6. The first-order valence-corrected chi connectivity index (χ1v) is 9.63. The number of imidazole rings is 1. The molecule has 4 rings (SSSR count). The second-order valence-electron chi connectivity index (χ2n) is 7.04. The third-order valence-electron chi connectivity index (χ3n) is 5.15. The molecular weight excluding hydrogens is 352 g/mol. The molecule has 0 spiro atoms. The molecule has 0 saturated heterocycles. The summed E-state index contributed by atoms with van der Waals surface area (Å²) in [6, 6.07) is 13.9. The molecule has 1 aliphatic rings. The zero-order chi connectivity index (χ0) is 19.3. The topological polar surface area (TPSA) is 79.9 Å². The number of H-pyrrole nitrogens is 1. The smallest absolute Gasteiger partial charge is 0.271 e. The third kappa shape index (κ3) is 3.91. The van der Waals surface area contributed by atoms with Crippen LogP contribution in [0.2, 0.25) is 0 Å². The number of pyridine rings is 1. The van der Waals surface area contributed by atoms with Crippen molar-refractivity contribution >= 4 is 5.91 Å². The predicted octanol–water partition coefficient (Wildman–Crippen LogP) is 3.06. The number of aromatic nitrogens is 3. The fraction of sp³-hybridized carbons (Fsp3) is 0.318. The van der Waals surface area contributed by atoms with E-state index in [1.165, 1.54) is 0 Å². The summed E-state index contributed by atoms with van der Waals surface area (Å²) in [6.45, 7) is 0.568. The van der Waals surface area contributed by atoms with Gasteiger partial charge >= 0.3 is 0 Å². The van der Waals surface area contributed by atoms with Gasteiger partial charge < -0.3 is 15.0 Å². The minimum absolute atomic E-state index is 0.111. The molecule has 1 atom stereocenters. The van der Waals surface area contributed by atoms with Gasteiger partial charge in [-0.25, -0.2) is 4.98 Å². The maximum Gasteiger partial charge on any atom is 0.271 e. The molecule has 1 aliphatic heterocycles. The minimum atomic E-state index is -0.111. The summed E-state index contributed by atoms with van der Waals surface area (Å²) in [5.74, 6) is 1.74. The van der Waals surface area contributed by atoms with Gasteiger partial charge in [0.25, 0.3) is 5.91 Å². The van der Waals surface area contributed by atoms with E-state index in [2.05, 4.69) is 26.3 Å². The zero-order valence-electron chi connectivity index (χ0n) is 15.9. The molecule has 0 bridgehead atoms. The van der Waals surface area contributed by atoms with Crippen molar-refractivity contribution in [1.29, 1.82) is 0 Å². The molecular formula is C22H24N4O2. The van der Waals surface area contributed by atoms with E-state index in [0.717, 1.165) is 54.2 Å². The molecule has 2 N–H and O–H groups in total. The van der Waals surface area contributed by atoms with Gasteiger partial charge in [0.1, 0.15) is 17.3 Å². The van der Waals surface area contributed by atoms with Crippen LogP contribution in [0.4, 0.5) is 0 Å². The van der Waals surface area contributed by atoms with Gasteiger partial charge in [-0.2, -0.15) is 0 Å². The normalized spacial score (nSPS) is 16.2. The Morgan fingerprint density at radius 2 is 2.00 bits per heavy atom. The first-order valence-electron chi connectivity index (χ1n) is 9.63. The van der Waals surface area contributed by atoms with Gasteiger partial charge in [-0.15, -0.1) is 0 Å². The lowest BCUT2D eigenvalue weighted by Gasteiger charge is -2.17. The molecule has 0 aliphatic carbocycles. The molecule has 0 radical (unpaired) electrons. The van der Waals surface area contributed by atoms with Crippen LogP contribution in [0.3, 0.4) is 0 Å². The summed E-state index contributed by atoms with van der Waals surface area (Å²) in [7, 11) is 1.68. The number of nitrogens with zero attached hydrogens (tertiary/aromatic N) is 2. The van der Waals surface area contributed by atoms with E-state index < -0.39 is 0 Å². The Balaban J connectivity index is 1.49. The number of benzene rings is 1. The average molecular weight is 376 g/mol. The highest BCUT2D eigenvalue weighted by Gasteiger charge is 2.27. The fourth-order valence-corrected chi connectivity index (χ4v) is 3.74. The number of hydrogen-bond acceptors (Lipinski definition) is 4. The lowest BCUT2D eigenvalue weighted by Crippen LogP contribution is -2.26. The molecule has 0 saturated carbocycles. The molecule has 6 heteroatoms. The summed E-state index contributed by atoms with van der Waals surface area (Å²) in [5, 5.41) is 3.01. The Labute approximate surface area is 164 Å². The Morgan fingerprint density at radius 1 is 1.14 bits per heavy atom. The van der Waals surface area contributed by atoms with Gasteiger partial charge in [-0.05, 0) is 43.0 Å². The standard InChI is InChI=1S/C22H24N4O2/c1-28-19-10-3-2-9-17(19)15-13-18-21(22(27)24-14-15)26-20(25-18)11-6-8-16-7-4-5-12-23-16/h2-5,7,9-10,12,15H,6,8,11,13-14H2,1H3,(H,24,27)(H,25,26)/t15-/m1/s1. The number of para-hydroxylation sites is 1. The molecule has 1 aromatic carbocycles. The van der Waals surface area contributed by atoms with E-state index in [-0.39, 0.29) is 11.8 Å². The van der Waals surface area contributed by atoms with E-state index >= 15 is 0 Å². The largest absolute Gasteiger partial charge is 0.496 e. The minimum Gasteiger partial charge on any atom is -0.496 e. The highest BCUT2D eigenvalue weighted by molar-refractivity contribution is 5.94. The van der Waals surface area contributed by atoms with Crippen LogP contribution in [0.25, 0.3) is 0 Å². The monoisotopic (exact) mass is 376 g/mol. The number of hydrogen-bond donors (Lipinski definition) is 2. The van der Waals surface area contributed by atoms with Crippen LogP contribution in [-0.2, 0) is 19.3 Å².